The lowest BCUT2D eigenvalue weighted by atomic mass is 10.2. The number of aryl methyl sites for hydroxylation is 1. The third-order valence-electron chi connectivity index (χ3n) is 3.02. The maximum atomic E-state index is 13.0. The van der Waals surface area contributed by atoms with Crippen molar-refractivity contribution in [3.63, 3.8) is 0 Å². The van der Waals surface area contributed by atoms with Gasteiger partial charge < -0.3 is 10.6 Å². The Labute approximate surface area is 128 Å². The molecule has 1 atom stereocenters. The standard InChI is InChI=1S/C16H16ClFN2O/c1-10-3-6-13(7-4-10)19-11(2)16(21)20-15-8-5-12(18)9-14(15)17/h3-9,11,19H,1-2H3,(H,20,21). The Bertz CT molecular complexity index is 643. The van der Waals surface area contributed by atoms with E-state index in [2.05, 4.69) is 10.6 Å². The first-order valence-corrected chi connectivity index (χ1v) is 6.92. The number of halogens is 2. The Morgan fingerprint density at radius 2 is 1.86 bits per heavy atom. The highest BCUT2D eigenvalue weighted by Crippen LogP contribution is 2.22. The number of anilines is 2. The van der Waals surface area contributed by atoms with Gasteiger partial charge in [-0.15, -0.1) is 0 Å². The predicted molar refractivity (Wildman–Crippen MR) is 84.3 cm³/mol. The molecule has 0 radical (unpaired) electrons. The maximum Gasteiger partial charge on any atom is 0.246 e. The highest BCUT2D eigenvalue weighted by molar-refractivity contribution is 6.33. The van der Waals surface area contributed by atoms with Gasteiger partial charge in [0.15, 0.2) is 0 Å². The fraction of sp³-hybridized carbons (Fsp3) is 0.188. The van der Waals surface area contributed by atoms with Crippen molar-refractivity contribution in [2.24, 2.45) is 0 Å². The molecular weight excluding hydrogens is 291 g/mol. The molecule has 110 valence electrons. The van der Waals surface area contributed by atoms with E-state index in [0.717, 1.165) is 17.3 Å². The van der Waals surface area contributed by atoms with Gasteiger partial charge >= 0.3 is 0 Å². The molecule has 2 aromatic rings. The molecule has 0 aliphatic carbocycles. The molecule has 0 spiro atoms. The first-order chi connectivity index (χ1) is 9.95. The van der Waals surface area contributed by atoms with E-state index in [4.69, 9.17) is 11.6 Å². The number of hydrogen-bond acceptors (Lipinski definition) is 2. The van der Waals surface area contributed by atoms with Crippen LogP contribution in [0.25, 0.3) is 0 Å². The van der Waals surface area contributed by atoms with Crippen molar-refractivity contribution in [3.05, 3.63) is 58.9 Å². The van der Waals surface area contributed by atoms with Crippen molar-refractivity contribution in [1.82, 2.24) is 0 Å². The normalized spacial score (nSPS) is 11.8. The molecule has 1 amide bonds. The summed E-state index contributed by atoms with van der Waals surface area (Å²) < 4.78 is 13.0. The summed E-state index contributed by atoms with van der Waals surface area (Å²) >= 11 is 5.88. The minimum Gasteiger partial charge on any atom is -0.374 e. The third kappa shape index (κ3) is 4.20. The van der Waals surface area contributed by atoms with Crippen molar-refractivity contribution >= 4 is 28.9 Å². The first kappa shape index (κ1) is 15.3. The van der Waals surface area contributed by atoms with Gasteiger partial charge in [-0.05, 0) is 44.2 Å². The van der Waals surface area contributed by atoms with E-state index in [0.29, 0.717) is 5.69 Å². The first-order valence-electron chi connectivity index (χ1n) is 6.55. The van der Waals surface area contributed by atoms with Gasteiger partial charge in [-0.25, -0.2) is 4.39 Å². The summed E-state index contributed by atoms with van der Waals surface area (Å²) in [7, 11) is 0. The minimum atomic E-state index is -0.450. The van der Waals surface area contributed by atoms with E-state index < -0.39 is 11.9 Å². The molecule has 5 heteroatoms. The molecule has 2 aromatic carbocycles. The molecule has 2 rings (SSSR count). The molecule has 2 N–H and O–H groups in total. The van der Waals surface area contributed by atoms with Crippen LogP contribution in [0.4, 0.5) is 15.8 Å². The van der Waals surface area contributed by atoms with Gasteiger partial charge in [0.2, 0.25) is 5.91 Å². The summed E-state index contributed by atoms with van der Waals surface area (Å²) in [6.07, 6.45) is 0. The molecule has 0 heterocycles. The molecule has 0 saturated carbocycles. The Balaban J connectivity index is 2.00. The number of carbonyl (C=O) groups excluding carboxylic acids is 1. The fourth-order valence-electron chi connectivity index (χ4n) is 1.80. The highest BCUT2D eigenvalue weighted by Gasteiger charge is 2.14. The lowest BCUT2D eigenvalue weighted by molar-refractivity contribution is -0.116. The predicted octanol–water partition coefficient (Wildman–Crippen LogP) is 4.23. The van der Waals surface area contributed by atoms with Crippen molar-refractivity contribution < 1.29 is 9.18 Å². The molecule has 0 aliphatic rings. The largest absolute Gasteiger partial charge is 0.374 e. The minimum absolute atomic E-state index is 0.172. The molecule has 0 aliphatic heterocycles. The van der Waals surface area contributed by atoms with E-state index >= 15 is 0 Å². The van der Waals surface area contributed by atoms with E-state index in [1.807, 2.05) is 31.2 Å². The average Bonchev–Trinajstić information content (AvgIpc) is 2.44. The van der Waals surface area contributed by atoms with Crippen LogP contribution in [0.15, 0.2) is 42.5 Å². The third-order valence-corrected chi connectivity index (χ3v) is 3.33. The van der Waals surface area contributed by atoms with E-state index in [1.165, 1.54) is 12.1 Å². The van der Waals surface area contributed by atoms with E-state index in [-0.39, 0.29) is 10.9 Å². The number of carbonyl (C=O) groups is 1. The van der Waals surface area contributed by atoms with Crippen LogP contribution < -0.4 is 10.6 Å². The van der Waals surface area contributed by atoms with Crippen LogP contribution in [0.1, 0.15) is 12.5 Å². The smallest absolute Gasteiger partial charge is 0.246 e. The van der Waals surface area contributed by atoms with Crippen LogP contribution in [0.5, 0.6) is 0 Å². The molecule has 0 fully saturated rings. The lowest BCUT2D eigenvalue weighted by Gasteiger charge is -2.16. The van der Waals surface area contributed by atoms with Gasteiger partial charge in [-0.2, -0.15) is 0 Å². The van der Waals surface area contributed by atoms with Gasteiger partial charge in [0.1, 0.15) is 11.9 Å². The van der Waals surface area contributed by atoms with Crippen LogP contribution in [-0.2, 0) is 4.79 Å². The van der Waals surface area contributed by atoms with Crippen LogP contribution in [0.3, 0.4) is 0 Å². The van der Waals surface area contributed by atoms with Gasteiger partial charge in [-0.1, -0.05) is 29.3 Å². The number of amides is 1. The van der Waals surface area contributed by atoms with Crippen LogP contribution >= 0.6 is 11.6 Å². The Morgan fingerprint density at radius 1 is 1.19 bits per heavy atom. The van der Waals surface area contributed by atoms with Crippen LogP contribution in [0, 0.1) is 12.7 Å². The quantitative estimate of drug-likeness (QED) is 0.887. The Hall–Kier alpha value is -2.07. The zero-order valence-corrected chi connectivity index (χ0v) is 12.5. The Kier molecular flexibility index (Phi) is 4.81. The molecule has 1 unspecified atom stereocenters. The molecule has 0 saturated heterocycles. The van der Waals surface area contributed by atoms with Crippen molar-refractivity contribution in [3.8, 4) is 0 Å². The summed E-state index contributed by atoms with van der Waals surface area (Å²) in [5, 5.41) is 5.93. The van der Waals surface area contributed by atoms with E-state index in [9.17, 15) is 9.18 Å². The van der Waals surface area contributed by atoms with Crippen LogP contribution in [-0.4, -0.2) is 11.9 Å². The zero-order valence-electron chi connectivity index (χ0n) is 11.8. The number of benzene rings is 2. The van der Waals surface area contributed by atoms with Gasteiger partial charge in [0.05, 0.1) is 10.7 Å². The summed E-state index contributed by atoms with van der Waals surface area (Å²) in [5.41, 5.74) is 2.39. The summed E-state index contributed by atoms with van der Waals surface area (Å²) in [4.78, 5) is 12.1. The number of nitrogens with one attached hydrogen (secondary N) is 2. The number of hydrogen-bond donors (Lipinski definition) is 2. The fourth-order valence-corrected chi connectivity index (χ4v) is 2.01. The molecule has 3 nitrogen and oxygen atoms in total. The SMILES string of the molecule is Cc1ccc(NC(C)C(=O)Nc2ccc(F)cc2Cl)cc1. The molecule has 0 bridgehead atoms. The van der Waals surface area contributed by atoms with Gasteiger partial charge in [0, 0.05) is 5.69 Å². The highest BCUT2D eigenvalue weighted by atomic mass is 35.5. The molecule has 0 aromatic heterocycles. The average molecular weight is 307 g/mol. The summed E-state index contributed by atoms with van der Waals surface area (Å²) in [5.74, 6) is -0.687. The summed E-state index contributed by atoms with van der Waals surface area (Å²) in [6, 6.07) is 11.1. The lowest BCUT2D eigenvalue weighted by Crippen LogP contribution is -2.31. The second-order valence-electron chi connectivity index (χ2n) is 4.85. The second-order valence-corrected chi connectivity index (χ2v) is 5.25. The van der Waals surface area contributed by atoms with Gasteiger partial charge in [0.25, 0.3) is 0 Å². The second kappa shape index (κ2) is 6.59. The molecular formula is C16H16ClFN2O. The maximum absolute atomic E-state index is 13.0. The molecule has 21 heavy (non-hydrogen) atoms. The number of rotatable bonds is 4. The van der Waals surface area contributed by atoms with Crippen molar-refractivity contribution in [2.75, 3.05) is 10.6 Å². The topological polar surface area (TPSA) is 41.1 Å². The van der Waals surface area contributed by atoms with E-state index in [1.54, 1.807) is 6.92 Å². The van der Waals surface area contributed by atoms with Crippen molar-refractivity contribution in [2.45, 2.75) is 19.9 Å². The zero-order chi connectivity index (χ0) is 15.4. The van der Waals surface area contributed by atoms with Gasteiger partial charge in [-0.3, -0.25) is 4.79 Å². The van der Waals surface area contributed by atoms with Crippen LogP contribution in [0.2, 0.25) is 5.02 Å². The monoisotopic (exact) mass is 306 g/mol. The Morgan fingerprint density at radius 3 is 2.48 bits per heavy atom. The summed E-state index contributed by atoms with van der Waals surface area (Å²) in [6.45, 7) is 3.74. The van der Waals surface area contributed by atoms with Crippen molar-refractivity contribution in [1.29, 1.82) is 0 Å².